The zero-order valence-corrected chi connectivity index (χ0v) is 20.7. The molecule has 0 saturated heterocycles. The monoisotopic (exact) mass is 503 g/mol. The highest BCUT2D eigenvalue weighted by atomic mass is 35.5. The number of ether oxygens (including phenoxy) is 1. The Kier molecular flexibility index (Phi) is 6.28. The van der Waals surface area contributed by atoms with Gasteiger partial charge in [0.1, 0.15) is 16.8 Å². The predicted molar refractivity (Wildman–Crippen MR) is 140 cm³/mol. The minimum absolute atomic E-state index is 0.130. The standard InChI is InChI=1S/C27H22ClN3O3S/c1-16-20(28)9-6-10-21(16)29-26(33)17(2)31-23-13-19(11-12-24(23)34-14-25(31)32)22-15-35-27(30-22)18-7-4-3-5-8-18/h3-13,15,17H,14H2,1-2H3,(H,29,33). The third-order valence-corrected chi connectivity index (χ3v) is 7.25. The first kappa shape index (κ1) is 23.1. The molecule has 0 spiro atoms. The lowest BCUT2D eigenvalue weighted by atomic mass is 10.1. The Morgan fingerprint density at radius 3 is 2.71 bits per heavy atom. The first-order chi connectivity index (χ1) is 16.9. The minimum atomic E-state index is -0.769. The molecular formula is C27H22ClN3O3S. The molecule has 1 atom stereocenters. The number of hydrogen-bond acceptors (Lipinski definition) is 5. The van der Waals surface area contributed by atoms with Crippen LogP contribution in [0.5, 0.6) is 5.75 Å². The lowest BCUT2D eigenvalue weighted by molar-refractivity contribution is -0.125. The topological polar surface area (TPSA) is 71.5 Å². The zero-order chi connectivity index (χ0) is 24.5. The second-order valence-corrected chi connectivity index (χ2v) is 9.48. The normalized spacial score (nSPS) is 13.7. The molecule has 2 heterocycles. The van der Waals surface area contributed by atoms with E-state index in [9.17, 15) is 9.59 Å². The number of hydrogen-bond donors (Lipinski definition) is 1. The van der Waals surface area contributed by atoms with Crippen molar-refractivity contribution >= 4 is 46.1 Å². The van der Waals surface area contributed by atoms with Gasteiger partial charge in [-0.2, -0.15) is 0 Å². The molecule has 6 nitrogen and oxygen atoms in total. The van der Waals surface area contributed by atoms with Gasteiger partial charge in [-0.3, -0.25) is 14.5 Å². The number of rotatable bonds is 5. The summed E-state index contributed by atoms with van der Waals surface area (Å²) in [5, 5.41) is 6.35. The van der Waals surface area contributed by atoms with E-state index in [-0.39, 0.29) is 18.4 Å². The first-order valence-corrected chi connectivity index (χ1v) is 12.3. The van der Waals surface area contributed by atoms with E-state index in [1.807, 2.05) is 60.8 Å². The molecule has 0 saturated carbocycles. The van der Waals surface area contributed by atoms with Crippen LogP contribution in [0.2, 0.25) is 5.02 Å². The van der Waals surface area contributed by atoms with Gasteiger partial charge in [-0.05, 0) is 49.7 Å². The average Bonchev–Trinajstić information content (AvgIpc) is 3.37. The van der Waals surface area contributed by atoms with Crippen molar-refractivity contribution in [2.75, 3.05) is 16.8 Å². The van der Waals surface area contributed by atoms with Gasteiger partial charge < -0.3 is 10.1 Å². The van der Waals surface area contributed by atoms with Crippen LogP contribution < -0.4 is 15.0 Å². The second-order valence-electron chi connectivity index (χ2n) is 8.22. The van der Waals surface area contributed by atoms with Gasteiger partial charge in [0.25, 0.3) is 5.91 Å². The van der Waals surface area contributed by atoms with Crippen LogP contribution in [0, 0.1) is 6.92 Å². The number of carbonyl (C=O) groups is 2. The van der Waals surface area contributed by atoms with Crippen LogP contribution in [-0.2, 0) is 9.59 Å². The summed E-state index contributed by atoms with van der Waals surface area (Å²) >= 11 is 7.75. The van der Waals surface area contributed by atoms with E-state index < -0.39 is 6.04 Å². The van der Waals surface area contributed by atoms with Gasteiger partial charge in [0, 0.05) is 27.2 Å². The highest BCUT2D eigenvalue weighted by Crippen LogP contribution is 2.38. The predicted octanol–water partition coefficient (Wildman–Crippen LogP) is 6.19. The van der Waals surface area contributed by atoms with Crippen molar-refractivity contribution in [1.82, 2.24) is 4.98 Å². The van der Waals surface area contributed by atoms with E-state index in [0.717, 1.165) is 27.4 Å². The molecule has 2 amide bonds. The molecule has 0 bridgehead atoms. The number of amides is 2. The lowest BCUT2D eigenvalue weighted by Gasteiger charge is -2.33. The number of fused-ring (bicyclic) bond motifs is 1. The summed E-state index contributed by atoms with van der Waals surface area (Å²) in [7, 11) is 0. The summed E-state index contributed by atoms with van der Waals surface area (Å²) in [5.74, 6) is -0.0594. The Bertz CT molecular complexity index is 1420. The number of benzene rings is 3. The van der Waals surface area contributed by atoms with E-state index in [2.05, 4.69) is 5.32 Å². The summed E-state index contributed by atoms with van der Waals surface area (Å²) < 4.78 is 5.66. The van der Waals surface area contributed by atoms with Crippen molar-refractivity contribution in [3.8, 4) is 27.6 Å². The van der Waals surface area contributed by atoms with Crippen molar-refractivity contribution in [2.24, 2.45) is 0 Å². The largest absolute Gasteiger partial charge is 0.482 e. The van der Waals surface area contributed by atoms with Crippen LogP contribution in [0.4, 0.5) is 11.4 Å². The van der Waals surface area contributed by atoms with Gasteiger partial charge in [0.15, 0.2) is 6.61 Å². The summed E-state index contributed by atoms with van der Waals surface area (Å²) in [6.07, 6.45) is 0. The molecule has 35 heavy (non-hydrogen) atoms. The maximum Gasteiger partial charge on any atom is 0.265 e. The fourth-order valence-electron chi connectivity index (χ4n) is 3.97. The van der Waals surface area contributed by atoms with Gasteiger partial charge in [-0.1, -0.05) is 48.0 Å². The number of halogens is 1. The van der Waals surface area contributed by atoms with E-state index in [4.69, 9.17) is 21.3 Å². The maximum absolute atomic E-state index is 13.1. The smallest absolute Gasteiger partial charge is 0.265 e. The number of anilines is 2. The molecule has 8 heteroatoms. The Morgan fingerprint density at radius 1 is 1.11 bits per heavy atom. The van der Waals surface area contributed by atoms with Crippen molar-refractivity contribution in [3.05, 3.63) is 82.7 Å². The van der Waals surface area contributed by atoms with Crippen LogP contribution >= 0.6 is 22.9 Å². The molecular weight excluding hydrogens is 482 g/mol. The lowest BCUT2D eigenvalue weighted by Crippen LogP contribution is -2.49. The summed E-state index contributed by atoms with van der Waals surface area (Å²) in [5.41, 5.74) is 4.59. The van der Waals surface area contributed by atoms with Gasteiger partial charge >= 0.3 is 0 Å². The first-order valence-electron chi connectivity index (χ1n) is 11.1. The van der Waals surface area contributed by atoms with E-state index in [1.165, 1.54) is 4.90 Å². The molecule has 1 aliphatic rings. The van der Waals surface area contributed by atoms with E-state index in [0.29, 0.717) is 22.1 Å². The molecule has 3 aromatic carbocycles. The van der Waals surface area contributed by atoms with Crippen LogP contribution in [0.1, 0.15) is 12.5 Å². The van der Waals surface area contributed by atoms with Crippen molar-refractivity contribution in [1.29, 1.82) is 0 Å². The van der Waals surface area contributed by atoms with Crippen molar-refractivity contribution in [3.63, 3.8) is 0 Å². The van der Waals surface area contributed by atoms with Crippen LogP contribution in [0.3, 0.4) is 0 Å². The SMILES string of the molecule is Cc1c(Cl)cccc1NC(=O)C(C)N1C(=O)COc2ccc(-c3csc(-c4ccccc4)n3)cc21. The number of nitrogens with one attached hydrogen (secondary N) is 1. The highest BCUT2D eigenvalue weighted by molar-refractivity contribution is 7.13. The zero-order valence-electron chi connectivity index (χ0n) is 19.1. The maximum atomic E-state index is 13.1. The number of carbonyl (C=O) groups excluding carboxylic acids is 2. The highest BCUT2D eigenvalue weighted by Gasteiger charge is 2.33. The second kappa shape index (κ2) is 9.52. The number of nitrogens with zero attached hydrogens (tertiary/aromatic N) is 2. The Hall–Kier alpha value is -3.68. The molecule has 176 valence electrons. The van der Waals surface area contributed by atoms with E-state index >= 15 is 0 Å². The molecule has 5 rings (SSSR count). The fraction of sp³-hybridized carbons (Fsp3) is 0.148. The van der Waals surface area contributed by atoms with Crippen molar-refractivity contribution in [2.45, 2.75) is 19.9 Å². The number of aromatic nitrogens is 1. The Morgan fingerprint density at radius 2 is 1.91 bits per heavy atom. The molecule has 0 aliphatic carbocycles. The number of thiazole rings is 1. The Labute approximate surface area is 212 Å². The molecule has 1 aromatic heterocycles. The van der Waals surface area contributed by atoms with Crippen LogP contribution in [-0.4, -0.2) is 29.4 Å². The summed E-state index contributed by atoms with van der Waals surface area (Å²) in [6.45, 7) is 3.40. The van der Waals surface area contributed by atoms with Gasteiger partial charge in [-0.15, -0.1) is 11.3 Å². The minimum Gasteiger partial charge on any atom is -0.482 e. The third-order valence-electron chi connectivity index (χ3n) is 5.95. The van der Waals surface area contributed by atoms with Gasteiger partial charge in [-0.25, -0.2) is 4.98 Å². The molecule has 1 aliphatic heterocycles. The quantitative estimate of drug-likeness (QED) is 0.352. The van der Waals surface area contributed by atoms with Gasteiger partial charge in [0.05, 0.1) is 11.4 Å². The van der Waals surface area contributed by atoms with Crippen LogP contribution in [0.25, 0.3) is 21.8 Å². The Balaban J connectivity index is 1.45. The average molecular weight is 504 g/mol. The fourth-order valence-corrected chi connectivity index (χ4v) is 4.98. The van der Waals surface area contributed by atoms with Crippen LogP contribution in [0.15, 0.2) is 72.1 Å². The third kappa shape index (κ3) is 4.52. The van der Waals surface area contributed by atoms with E-state index in [1.54, 1.807) is 36.5 Å². The van der Waals surface area contributed by atoms with Crippen molar-refractivity contribution < 1.29 is 14.3 Å². The molecule has 0 radical (unpaired) electrons. The molecule has 1 N–H and O–H groups in total. The summed E-state index contributed by atoms with van der Waals surface area (Å²) in [6, 6.07) is 20.1. The molecule has 1 unspecified atom stereocenters. The van der Waals surface area contributed by atoms with Gasteiger partial charge in [0.2, 0.25) is 5.91 Å². The summed E-state index contributed by atoms with van der Waals surface area (Å²) in [4.78, 5) is 32.3. The molecule has 0 fully saturated rings. The molecule has 4 aromatic rings.